The number of rotatable bonds is 5. The van der Waals surface area contributed by atoms with Crippen LogP contribution in [0.4, 0.5) is 21.5 Å². The van der Waals surface area contributed by atoms with Crippen molar-refractivity contribution < 1.29 is 18.8 Å². The van der Waals surface area contributed by atoms with Crippen molar-refractivity contribution in [1.82, 2.24) is 0 Å². The van der Waals surface area contributed by atoms with E-state index in [1.54, 1.807) is 24.3 Å². The first-order chi connectivity index (χ1) is 12.4. The Morgan fingerprint density at radius 2 is 1.15 bits per heavy atom. The Labute approximate surface area is 149 Å². The van der Waals surface area contributed by atoms with Gasteiger partial charge >= 0.3 is 0 Å². The molecule has 134 valence electrons. The lowest BCUT2D eigenvalue weighted by Crippen LogP contribution is -2.20. The minimum Gasteiger partial charge on any atom is -0.326 e. The van der Waals surface area contributed by atoms with Crippen LogP contribution in [0.3, 0.4) is 0 Å². The van der Waals surface area contributed by atoms with Crippen LogP contribution in [0.25, 0.3) is 0 Å². The van der Waals surface area contributed by atoms with Gasteiger partial charge in [0.25, 0.3) is 0 Å². The van der Waals surface area contributed by atoms with Crippen molar-refractivity contribution in [1.29, 1.82) is 0 Å². The second-order valence-electron chi connectivity index (χ2n) is 6.19. The highest BCUT2D eigenvalue weighted by Crippen LogP contribution is 2.40. The first-order valence-corrected chi connectivity index (χ1v) is 8.17. The van der Waals surface area contributed by atoms with Gasteiger partial charge in [-0.25, -0.2) is 4.39 Å². The molecule has 0 aromatic heterocycles. The number of hydrogen-bond donors (Lipinski definition) is 3. The monoisotopic (exact) mass is 355 g/mol. The van der Waals surface area contributed by atoms with Crippen LogP contribution in [0.5, 0.6) is 0 Å². The van der Waals surface area contributed by atoms with Crippen LogP contribution in [0, 0.1) is 17.7 Å². The fourth-order valence-corrected chi connectivity index (χ4v) is 2.62. The van der Waals surface area contributed by atoms with Crippen molar-refractivity contribution in [2.24, 2.45) is 11.8 Å². The van der Waals surface area contributed by atoms with E-state index in [1.165, 1.54) is 31.2 Å². The highest BCUT2D eigenvalue weighted by molar-refractivity contribution is 6.03. The van der Waals surface area contributed by atoms with Gasteiger partial charge in [-0.2, -0.15) is 0 Å². The molecular formula is C19H18FN3O3. The summed E-state index contributed by atoms with van der Waals surface area (Å²) in [7, 11) is 0. The zero-order valence-electron chi connectivity index (χ0n) is 14.1. The summed E-state index contributed by atoms with van der Waals surface area (Å²) in [6.45, 7) is 1.42. The number of anilines is 3. The lowest BCUT2D eigenvalue weighted by Gasteiger charge is -2.07. The molecule has 1 fully saturated rings. The number of halogens is 1. The van der Waals surface area contributed by atoms with Crippen molar-refractivity contribution in [3.05, 3.63) is 54.3 Å². The predicted octanol–water partition coefficient (Wildman–Crippen LogP) is 3.00. The highest BCUT2D eigenvalue weighted by atomic mass is 19.1. The molecule has 1 aliphatic rings. The molecule has 2 aromatic rings. The minimum atomic E-state index is -0.390. The molecule has 0 bridgehead atoms. The number of carbonyl (C=O) groups is 3. The predicted molar refractivity (Wildman–Crippen MR) is 96.0 cm³/mol. The molecule has 0 heterocycles. The van der Waals surface area contributed by atoms with Crippen LogP contribution in [0.1, 0.15) is 13.3 Å². The van der Waals surface area contributed by atoms with Crippen molar-refractivity contribution in [2.75, 3.05) is 16.0 Å². The van der Waals surface area contributed by atoms with Gasteiger partial charge in [0.2, 0.25) is 17.7 Å². The second-order valence-corrected chi connectivity index (χ2v) is 6.19. The Hall–Kier alpha value is -3.22. The van der Waals surface area contributed by atoms with E-state index in [0.29, 0.717) is 23.5 Å². The third-order valence-corrected chi connectivity index (χ3v) is 4.05. The first kappa shape index (κ1) is 17.6. The average Bonchev–Trinajstić information content (AvgIpc) is 3.39. The van der Waals surface area contributed by atoms with Gasteiger partial charge in [0.15, 0.2) is 0 Å². The van der Waals surface area contributed by atoms with E-state index in [-0.39, 0.29) is 29.5 Å². The van der Waals surface area contributed by atoms with Gasteiger partial charge in [-0.1, -0.05) is 0 Å². The van der Waals surface area contributed by atoms with Crippen LogP contribution in [-0.2, 0) is 14.4 Å². The third kappa shape index (κ3) is 4.44. The molecule has 0 radical (unpaired) electrons. The molecule has 26 heavy (non-hydrogen) atoms. The van der Waals surface area contributed by atoms with E-state index >= 15 is 0 Å². The van der Waals surface area contributed by atoms with Crippen LogP contribution in [0.2, 0.25) is 0 Å². The number of carbonyl (C=O) groups excluding carboxylic acids is 3. The molecule has 3 amide bonds. The number of amides is 3. The Morgan fingerprint density at radius 3 is 1.58 bits per heavy atom. The molecule has 0 spiro atoms. The average molecular weight is 355 g/mol. The van der Waals surface area contributed by atoms with Crippen LogP contribution in [-0.4, -0.2) is 17.7 Å². The summed E-state index contributed by atoms with van der Waals surface area (Å²) in [5, 5.41) is 8.08. The quantitative estimate of drug-likeness (QED) is 0.770. The SMILES string of the molecule is CC(=O)Nc1ccc(NC(=O)C2CC2C(=O)Nc2ccc(F)cc2)cc1. The largest absolute Gasteiger partial charge is 0.326 e. The maximum atomic E-state index is 12.9. The van der Waals surface area contributed by atoms with Crippen molar-refractivity contribution in [3.8, 4) is 0 Å². The normalized spacial score (nSPS) is 17.9. The molecule has 3 N–H and O–H groups in total. The van der Waals surface area contributed by atoms with Gasteiger partial charge in [-0.15, -0.1) is 0 Å². The van der Waals surface area contributed by atoms with E-state index < -0.39 is 5.92 Å². The van der Waals surface area contributed by atoms with Gasteiger partial charge in [-0.3, -0.25) is 14.4 Å². The van der Waals surface area contributed by atoms with Crippen molar-refractivity contribution >= 4 is 34.8 Å². The van der Waals surface area contributed by atoms with E-state index in [2.05, 4.69) is 16.0 Å². The highest BCUT2D eigenvalue weighted by Gasteiger charge is 2.48. The lowest BCUT2D eigenvalue weighted by molar-refractivity contribution is -0.122. The Bertz CT molecular complexity index is 834. The van der Waals surface area contributed by atoms with Crippen LogP contribution in [0.15, 0.2) is 48.5 Å². The smallest absolute Gasteiger partial charge is 0.228 e. The lowest BCUT2D eigenvalue weighted by atomic mass is 10.2. The molecule has 0 saturated heterocycles. The fraction of sp³-hybridized carbons (Fsp3) is 0.211. The molecule has 7 heteroatoms. The zero-order valence-corrected chi connectivity index (χ0v) is 14.1. The standard InChI is InChI=1S/C19H18FN3O3/c1-11(24)21-13-6-8-15(9-7-13)23-19(26)17-10-16(17)18(25)22-14-4-2-12(20)3-5-14/h2-9,16-17H,10H2,1H3,(H,21,24)(H,22,25)(H,23,26). The van der Waals surface area contributed by atoms with Crippen molar-refractivity contribution in [3.63, 3.8) is 0 Å². The zero-order chi connectivity index (χ0) is 18.7. The molecular weight excluding hydrogens is 337 g/mol. The number of benzene rings is 2. The Morgan fingerprint density at radius 1 is 0.769 bits per heavy atom. The molecule has 1 saturated carbocycles. The summed E-state index contributed by atoms with van der Waals surface area (Å²) in [6.07, 6.45) is 0.475. The second kappa shape index (κ2) is 7.35. The minimum absolute atomic E-state index is 0.172. The van der Waals surface area contributed by atoms with Gasteiger partial charge < -0.3 is 16.0 Å². The van der Waals surface area contributed by atoms with Gasteiger partial charge in [0.1, 0.15) is 5.82 Å². The van der Waals surface area contributed by atoms with Gasteiger partial charge in [0, 0.05) is 24.0 Å². The molecule has 1 aliphatic carbocycles. The summed E-state index contributed by atoms with van der Waals surface area (Å²) < 4.78 is 12.9. The third-order valence-electron chi connectivity index (χ3n) is 4.05. The maximum absolute atomic E-state index is 12.9. The van der Waals surface area contributed by atoms with E-state index in [1.807, 2.05) is 0 Å². The summed E-state index contributed by atoms with van der Waals surface area (Å²) in [5.74, 6) is -1.80. The Kier molecular flexibility index (Phi) is 4.97. The Balaban J connectivity index is 1.51. The summed E-state index contributed by atoms with van der Waals surface area (Å²) in [6, 6.07) is 12.2. The molecule has 0 aliphatic heterocycles. The summed E-state index contributed by atoms with van der Waals surface area (Å²) in [4.78, 5) is 35.4. The molecule has 3 rings (SSSR count). The summed E-state index contributed by atoms with van der Waals surface area (Å²) in [5.41, 5.74) is 1.73. The number of nitrogens with one attached hydrogen (secondary N) is 3. The molecule has 2 unspecified atom stereocenters. The first-order valence-electron chi connectivity index (χ1n) is 8.17. The van der Waals surface area contributed by atoms with Gasteiger partial charge in [0.05, 0.1) is 11.8 Å². The van der Waals surface area contributed by atoms with E-state index in [4.69, 9.17) is 0 Å². The molecule has 2 atom stereocenters. The summed E-state index contributed by atoms with van der Waals surface area (Å²) >= 11 is 0. The maximum Gasteiger partial charge on any atom is 0.228 e. The van der Waals surface area contributed by atoms with E-state index in [9.17, 15) is 18.8 Å². The molecule has 6 nitrogen and oxygen atoms in total. The van der Waals surface area contributed by atoms with Gasteiger partial charge in [-0.05, 0) is 55.0 Å². The number of hydrogen-bond acceptors (Lipinski definition) is 3. The van der Waals surface area contributed by atoms with Crippen molar-refractivity contribution in [2.45, 2.75) is 13.3 Å². The fourth-order valence-electron chi connectivity index (χ4n) is 2.62. The van der Waals surface area contributed by atoms with Crippen LogP contribution >= 0.6 is 0 Å². The van der Waals surface area contributed by atoms with E-state index in [0.717, 1.165) is 0 Å². The topological polar surface area (TPSA) is 87.3 Å². The molecule has 2 aromatic carbocycles. The van der Waals surface area contributed by atoms with Crippen LogP contribution < -0.4 is 16.0 Å².